The zero-order valence-electron chi connectivity index (χ0n) is 23.9. The Balaban J connectivity index is 2.11. The summed E-state index contributed by atoms with van der Waals surface area (Å²) in [6.07, 6.45) is 1.12. The van der Waals surface area contributed by atoms with Gasteiger partial charge in [0.15, 0.2) is 0 Å². The molecule has 0 saturated heterocycles. The Morgan fingerprint density at radius 3 is 2.17 bits per heavy atom. The lowest BCUT2D eigenvalue weighted by Crippen LogP contribution is -2.52. The van der Waals surface area contributed by atoms with Crippen LogP contribution in [-0.4, -0.2) is 51.4 Å². The number of benzene rings is 3. The zero-order chi connectivity index (χ0) is 29.3. The van der Waals surface area contributed by atoms with Crippen LogP contribution in [0.15, 0.2) is 77.7 Å². The van der Waals surface area contributed by atoms with Crippen molar-refractivity contribution in [1.29, 1.82) is 0 Å². The average Bonchev–Trinajstić information content (AvgIpc) is 2.95. The summed E-state index contributed by atoms with van der Waals surface area (Å²) in [6, 6.07) is 20.2. The largest absolute Gasteiger partial charge is 0.495 e. The van der Waals surface area contributed by atoms with E-state index in [0.29, 0.717) is 18.7 Å². The van der Waals surface area contributed by atoms with Gasteiger partial charge in [-0.3, -0.25) is 13.9 Å². The molecule has 3 rings (SSSR count). The lowest BCUT2D eigenvalue weighted by Gasteiger charge is -2.33. The molecule has 0 aliphatic heterocycles. The molecule has 3 aromatic carbocycles. The lowest BCUT2D eigenvalue weighted by atomic mass is 10.1. The Bertz CT molecular complexity index is 1390. The highest BCUT2D eigenvalue weighted by atomic mass is 32.2. The van der Waals surface area contributed by atoms with Crippen LogP contribution in [0.1, 0.15) is 43.4 Å². The number of amides is 2. The van der Waals surface area contributed by atoms with Gasteiger partial charge in [0, 0.05) is 13.1 Å². The van der Waals surface area contributed by atoms with Crippen LogP contribution in [0.2, 0.25) is 0 Å². The first-order valence-electron chi connectivity index (χ1n) is 13.5. The summed E-state index contributed by atoms with van der Waals surface area (Å²) in [6.45, 7) is 7.63. The summed E-state index contributed by atoms with van der Waals surface area (Å²) in [4.78, 5) is 28.8. The van der Waals surface area contributed by atoms with Crippen LogP contribution in [0.25, 0.3) is 0 Å². The quantitative estimate of drug-likeness (QED) is 0.320. The Morgan fingerprint density at radius 1 is 0.925 bits per heavy atom. The number of rotatable bonds is 13. The normalized spacial score (nSPS) is 11.9. The fraction of sp³-hybridized carbons (Fsp3) is 0.355. The van der Waals surface area contributed by atoms with Crippen LogP contribution in [-0.2, 0) is 26.2 Å². The fourth-order valence-electron chi connectivity index (χ4n) is 4.41. The van der Waals surface area contributed by atoms with Crippen molar-refractivity contribution in [3.63, 3.8) is 0 Å². The molecular weight excluding hydrogens is 526 g/mol. The summed E-state index contributed by atoms with van der Waals surface area (Å²) in [5, 5.41) is 2.89. The first-order valence-corrected chi connectivity index (χ1v) is 14.9. The molecule has 1 N–H and O–H groups in total. The molecule has 0 aliphatic rings. The minimum absolute atomic E-state index is 0.0526. The SMILES string of the molecule is CCCNC(=O)[C@H](CC)N(Cc1ccccc1)C(=O)CN(c1cc(C)ccc1OC)S(=O)(=O)c1ccc(C)cc1. The first kappa shape index (κ1) is 30.7. The Kier molecular flexibility index (Phi) is 10.7. The number of anilines is 1. The molecule has 0 heterocycles. The van der Waals surface area contributed by atoms with E-state index < -0.39 is 28.5 Å². The van der Waals surface area contributed by atoms with E-state index in [9.17, 15) is 18.0 Å². The van der Waals surface area contributed by atoms with Crippen molar-refractivity contribution in [1.82, 2.24) is 10.2 Å². The second kappa shape index (κ2) is 14.0. The van der Waals surface area contributed by atoms with Crippen LogP contribution in [0.3, 0.4) is 0 Å². The van der Waals surface area contributed by atoms with Crippen LogP contribution >= 0.6 is 0 Å². The van der Waals surface area contributed by atoms with Gasteiger partial charge < -0.3 is 15.0 Å². The molecule has 214 valence electrons. The maximum atomic E-state index is 14.1. The third-order valence-electron chi connectivity index (χ3n) is 6.62. The number of hydrogen-bond acceptors (Lipinski definition) is 5. The highest BCUT2D eigenvalue weighted by molar-refractivity contribution is 7.92. The Labute approximate surface area is 238 Å². The van der Waals surface area contributed by atoms with Crippen molar-refractivity contribution in [2.75, 3.05) is 24.5 Å². The summed E-state index contributed by atoms with van der Waals surface area (Å²) < 4.78 is 34.8. The summed E-state index contributed by atoms with van der Waals surface area (Å²) in [5.74, 6) is -0.451. The van der Waals surface area contributed by atoms with E-state index in [2.05, 4.69) is 5.32 Å². The van der Waals surface area contributed by atoms with Gasteiger partial charge in [0.2, 0.25) is 11.8 Å². The molecule has 0 unspecified atom stereocenters. The monoisotopic (exact) mass is 565 g/mol. The minimum atomic E-state index is -4.18. The van der Waals surface area contributed by atoms with Crippen molar-refractivity contribution in [3.05, 3.63) is 89.5 Å². The van der Waals surface area contributed by atoms with Crippen molar-refractivity contribution >= 4 is 27.5 Å². The van der Waals surface area contributed by atoms with Gasteiger partial charge in [0.05, 0.1) is 17.7 Å². The lowest BCUT2D eigenvalue weighted by molar-refractivity contribution is -0.140. The number of nitrogens with one attached hydrogen (secondary N) is 1. The van der Waals surface area contributed by atoms with Crippen molar-refractivity contribution in [2.24, 2.45) is 0 Å². The third kappa shape index (κ3) is 7.41. The van der Waals surface area contributed by atoms with Gasteiger partial charge in [-0.25, -0.2) is 8.42 Å². The van der Waals surface area contributed by atoms with E-state index in [1.54, 1.807) is 24.3 Å². The topological polar surface area (TPSA) is 96.0 Å². The number of aryl methyl sites for hydroxylation is 2. The van der Waals surface area contributed by atoms with Crippen LogP contribution in [0.4, 0.5) is 5.69 Å². The standard InChI is InChI=1S/C31H39N3O5S/c1-6-19-32-31(36)27(7-2)33(21-25-11-9-8-10-12-25)30(35)22-34(28-20-24(4)15-18-29(28)39-5)40(37,38)26-16-13-23(3)14-17-26/h8-18,20,27H,6-7,19,21-22H2,1-5H3,(H,32,36)/t27-/m0/s1. The van der Waals surface area contributed by atoms with Gasteiger partial charge in [0.1, 0.15) is 18.3 Å². The number of sulfonamides is 1. The molecule has 8 nitrogen and oxygen atoms in total. The van der Waals surface area contributed by atoms with E-state index in [1.165, 1.54) is 24.1 Å². The predicted molar refractivity (Wildman–Crippen MR) is 158 cm³/mol. The molecule has 0 aliphatic carbocycles. The second-order valence-electron chi connectivity index (χ2n) is 9.72. The number of carbonyl (C=O) groups is 2. The molecule has 0 aromatic heterocycles. The maximum absolute atomic E-state index is 14.1. The highest BCUT2D eigenvalue weighted by Crippen LogP contribution is 2.34. The maximum Gasteiger partial charge on any atom is 0.264 e. The van der Waals surface area contributed by atoms with Crippen LogP contribution in [0, 0.1) is 13.8 Å². The molecule has 2 amide bonds. The van der Waals surface area contributed by atoms with E-state index in [4.69, 9.17) is 4.74 Å². The Hall–Kier alpha value is -3.85. The summed E-state index contributed by atoms with van der Waals surface area (Å²) >= 11 is 0. The van der Waals surface area contributed by atoms with Crippen LogP contribution < -0.4 is 14.4 Å². The third-order valence-corrected chi connectivity index (χ3v) is 8.40. The van der Waals surface area contributed by atoms with Gasteiger partial charge in [-0.05, 0) is 62.1 Å². The van der Waals surface area contributed by atoms with E-state index in [0.717, 1.165) is 27.4 Å². The molecule has 3 aromatic rings. The van der Waals surface area contributed by atoms with Gasteiger partial charge in [-0.2, -0.15) is 0 Å². The number of methoxy groups -OCH3 is 1. The van der Waals surface area contributed by atoms with Gasteiger partial charge in [-0.1, -0.05) is 67.9 Å². The van der Waals surface area contributed by atoms with E-state index in [1.807, 2.05) is 64.1 Å². The molecule has 0 spiro atoms. The van der Waals surface area contributed by atoms with Crippen molar-refractivity contribution in [2.45, 2.75) is 58.0 Å². The second-order valence-corrected chi connectivity index (χ2v) is 11.6. The summed E-state index contributed by atoms with van der Waals surface area (Å²) in [5.41, 5.74) is 2.80. The molecular formula is C31H39N3O5S. The molecule has 40 heavy (non-hydrogen) atoms. The molecule has 0 bridgehead atoms. The van der Waals surface area contributed by atoms with Gasteiger partial charge >= 0.3 is 0 Å². The van der Waals surface area contributed by atoms with Gasteiger partial charge in [-0.15, -0.1) is 0 Å². The first-order chi connectivity index (χ1) is 19.1. The minimum Gasteiger partial charge on any atom is -0.495 e. The Morgan fingerprint density at radius 2 is 1.57 bits per heavy atom. The number of carbonyl (C=O) groups excluding carboxylic acids is 2. The number of ether oxygens (including phenoxy) is 1. The highest BCUT2D eigenvalue weighted by Gasteiger charge is 2.34. The van der Waals surface area contributed by atoms with E-state index >= 15 is 0 Å². The fourth-order valence-corrected chi connectivity index (χ4v) is 5.83. The number of nitrogens with zero attached hydrogens (tertiary/aromatic N) is 2. The molecule has 0 saturated carbocycles. The predicted octanol–water partition coefficient (Wildman–Crippen LogP) is 4.84. The summed E-state index contributed by atoms with van der Waals surface area (Å²) in [7, 11) is -2.73. The van der Waals surface area contributed by atoms with Gasteiger partial charge in [0.25, 0.3) is 10.0 Å². The average molecular weight is 566 g/mol. The molecule has 0 fully saturated rings. The number of hydrogen-bond donors (Lipinski definition) is 1. The van der Waals surface area contributed by atoms with Crippen LogP contribution in [0.5, 0.6) is 5.75 Å². The zero-order valence-corrected chi connectivity index (χ0v) is 24.7. The smallest absolute Gasteiger partial charge is 0.264 e. The molecule has 9 heteroatoms. The van der Waals surface area contributed by atoms with Crippen molar-refractivity contribution in [3.8, 4) is 5.75 Å². The van der Waals surface area contributed by atoms with Crippen molar-refractivity contribution < 1.29 is 22.7 Å². The van der Waals surface area contributed by atoms with E-state index in [-0.39, 0.29) is 23.0 Å². The molecule has 0 radical (unpaired) electrons. The molecule has 1 atom stereocenters.